The predicted octanol–water partition coefficient (Wildman–Crippen LogP) is 4.89. The standard InChI is InChI=1S/C33H41N9O3S/c1-4-7-24-25(23(15-34)29(35)46-24)21-9-5-10-22-27(39-45-28(21)22)30-36-31-26-32(37-30)42(16-19-8-6-11-40(19)3)38-33(26)43-13-12-41(31)20-14-18(2)44-17-20/h18-21H,4-14,16-17,35H2,1-3H3. The number of aryl methyl sites for hydroxylation is 1. The van der Waals surface area contributed by atoms with E-state index in [1.807, 2.05) is 4.68 Å². The van der Waals surface area contributed by atoms with E-state index in [9.17, 15) is 5.26 Å². The van der Waals surface area contributed by atoms with Gasteiger partial charge in [-0.2, -0.15) is 5.26 Å². The first-order chi connectivity index (χ1) is 22.4. The lowest BCUT2D eigenvalue weighted by atomic mass is 9.81. The van der Waals surface area contributed by atoms with Gasteiger partial charge in [-0.05, 0) is 71.0 Å². The molecule has 4 aromatic rings. The van der Waals surface area contributed by atoms with E-state index >= 15 is 0 Å². The fourth-order valence-electron chi connectivity index (χ4n) is 8.00. The van der Waals surface area contributed by atoms with Crippen molar-refractivity contribution in [1.29, 1.82) is 5.26 Å². The molecular formula is C33H41N9O3S. The van der Waals surface area contributed by atoms with Gasteiger partial charge in [0.1, 0.15) is 34.6 Å². The zero-order valence-corrected chi connectivity index (χ0v) is 27.6. The second kappa shape index (κ2) is 11.8. The minimum atomic E-state index is -0.0721. The van der Waals surface area contributed by atoms with Crippen molar-refractivity contribution in [2.75, 3.05) is 44.0 Å². The monoisotopic (exact) mass is 643 g/mol. The number of nitrogens with two attached hydrogens (primary N) is 1. The smallest absolute Gasteiger partial charge is 0.246 e. The van der Waals surface area contributed by atoms with Crippen LogP contribution in [0.2, 0.25) is 0 Å². The van der Waals surface area contributed by atoms with Gasteiger partial charge in [0, 0.05) is 22.4 Å². The molecule has 8 rings (SSSR count). The van der Waals surface area contributed by atoms with Crippen molar-refractivity contribution in [3.63, 3.8) is 0 Å². The number of hydrogen-bond donors (Lipinski definition) is 1. The Morgan fingerprint density at radius 2 is 2.07 bits per heavy atom. The lowest BCUT2D eigenvalue weighted by molar-refractivity contribution is 0.123. The molecule has 0 bridgehead atoms. The Hall–Kier alpha value is -3.73. The Balaban J connectivity index is 1.27. The molecular weight excluding hydrogens is 602 g/mol. The Kier molecular flexibility index (Phi) is 7.62. The van der Waals surface area contributed by atoms with E-state index in [1.54, 1.807) is 0 Å². The lowest BCUT2D eigenvalue weighted by Gasteiger charge is -2.28. The van der Waals surface area contributed by atoms with E-state index in [2.05, 4.69) is 41.9 Å². The molecule has 0 aromatic carbocycles. The van der Waals surface area contributed by atoms with Gasteiger partial charge < -0.3 is 29.5 Å². The molecule has 46 heavy (non-hydrogen) atoms. The van der Waals surface area contributed by atoms with Crippen LogP contribution in [0.4, 0.5) is 10.8 Å². The number of likely N-dealkylation sites (tertiary alicyclic amines) is 1. The molecule has 0 saturated carbocycles. The van der Waals surface area contributed by atoms with E-state index in [1.165, 1.54) is 22.6 Å². The normalized spacial score (nSPS) is 24.7. The van der Waals surface area contributed by atoms with Gasteiger partial charge in [-0.1, -0.05) is 18.5 Å². The first-order valence-electron chi connectivity index (χ1n) is 16.7. The van der Waals surface area contributed by atoms with Gasteiger partial charge in [0.2, 0.25) is 5.88 Å². The summed E-state index contributed by atoms with van der Waals surface area (Å²) in [5.41, 5.74) is 10.4. The topological polar surface area (TPSA) is 144 Å². The molecule has 2 fully saturated rings. The van der Waals surface area contributed by atoms with Crippen LogP contribution in [-0.4, -0.2) is 81.3 Å². The second-order valence-corrected chi connectivity index (χ2v) is 14.4. The van der Waals surface area contributed by atoms with Crippen LogP contribution in [0.25, 0.3) is 22.6 Å². The summed E-state index contributed by atoms with van der Waals surface area (Å²) < 4.78 is 20.5. The van der Waals surface area contributed by atoms with Crippen molar-refractivity contribution in [3.05, 3.63) is 27.3 Å². The number of rotatable bonds is 7. The summed E-state index contributed by atoms with van der Waals surface area (Å²) in [6.07, 6.45) is 7.90. The van der Waals surface area contributed by atoms with Crippen molar-refractivity contribution in [1.82, 2.24) is 29.8 Å². The number of nitriles is 1. The number of aromatic nitrogens is 5. The van der Waals surface area contributed by atoms with E-state index in [0.29, 0.717) is 53.8 Å². The number of fused-ring (bicyclic) bond motifs is 1. The van der Waals surface area contributed by atoms with Crippen LogP contribution >= 0.6 is 11.3 Å². The summed E-state index contributed by atoms with van der Waals surface area (Å²) in [6.45, 7) is 7.93. The van der Waals surface area contributed by atoms with Gasteiger partial charge in [0.05, 0.1) is 37.4 Å². The van der Waals surface area contributed by atoms with Crippen molar-refractivity contribution < 1.29 is 14.0 Å². The quantitative estimate of drug-likeness (QED) is 0.294. The Labute approximate surface area is 272 Å². The number of likely N-dealkylation sites (N-methyl/N-ethyl adjacent to an activating group) is 1. The third kappa shape index (κ3) is 4.84. The fourth-order valence-corrected chi connectivity index (χ4v) is 9.18. The molecule has 4 atom stereocenters. The second-order valence-electron chi connectivity index (χ2n) is 13.3. The number of nitrogens with zero attached hydrogens (tertiary/aromatic N) is 8. The molecule has 4 unspecified atom stereocenters. The van der Waals surface area contributed by atoms with Crippen molar-refractivity contribution in [3.8, 4) is 23.5 Å². The molecule has 0 radical (unpaired) electrons. The Morgan fingerprint density at radius 1 is 1.17 bits per heavy atom. The van der Waals surface area contributed by atoms with Crippen LogP contribution < -0.4 is 15.4 Å². The molecule has 242 valence electrons. The summed E-state index contributed by atoms with van der Waals surface area (Å²) in [5.74, 6) is 2.70. The number of ether oxygens (including phenoxy) is 2. The van der Waals surface area contributed by atoms with Gasteiger partial charge >= 0.3 is 0 Å². The molecule has 0 spiro atoms. The van der Waals surface area contributed by atoms with E-state index in [4.69, 9.17) is 34.8 Å². The summed E-state index contributed by atoms with van der Waals surface area (Å²) in [4.78, 5) is 16.4. The molecule has 2 N–H and O–H groups in total. The van der Waals surface area contributed by atoms with Crippen LogP contribution in [0, 0.1) is 11.3 Å². The van der Waals surface area contributed by atoms with Crippen LogP contribution in [-0.2, 0) is 24.1 Å². The first-order valence-corrected chi connectivity index (χ1v) is 17.6. The first kappa shape index (κ1) is 29.7. The van der Waals surface area contributed by atoms with Crippen molar-refractivity contribution >= 4 is 33.2 Å². The Bertz CT molecular complexity index is 1820. The molecule has 4 aromatic heterocycles. The van der Waals surface area contributed by atoms with Gasteiger partial charge in [-0.25, -0.2) is 14.6 Å². The summed E-state index contributed by atoms with van der Waals surface area (Å²) in [7, 11) is 2.18. The van der Waals surface area contributed by atoms with E-state index < -0.39 is 0 Å². The lowest BCUT2D eigenvalue weighted by Crippen LogP contribution is -2.39. The van der Waals surface area contributed by atoms with Crippen molar-refractivity contribution in [2.45, 2.75) is 95.9 Å². The molecule has 0 amide bonds. The molecule has 1 aliphatic carbocycles. The van der Waals surface area contributed by atoms with Crippen LogP contribution in [0.1, 0.15) is 85.6 Å². The minimum Gasteiger partial charge on any atom is -0.474 e. The number of thiophene rings is 1. The third-order valence-electron chi connectivity index (χ3n) is 10.3. The summed E-state index contributed by atoms with van der Waals surface area (Å²) >= 11 is 1.53. The maximum Gasteiger partial charge on any atom is 0.246 e. The average molecular weight is 644 g/mol. The molecule has 3 aliphatic heterocycles. The van der Waals surface area contributed by atoms with E-state index in [0.717, 1.165) is 91.8 Å². The maximum absolute atomic E-state index is 10.1. The van der Waals surface area contributed by atoms with Gasteiger partial charge in [0.15, 0.2) is 17.2 Å². The summed E-state index contributed by atoms with van der Waals surface area (Å²) in [6, 6.07) is 2.95. The fraction of sp³-hybridized carbons (Fsp3) is 0.606. The van der Waals surface area contributed by atoms with Gasteiger partial charge in [0.25, 0.3) is 0 Å². The number of anilines is 2. The summed E-state index contributed by atoms with van der Waals surface area (Å²) in [5, 5.41) is 21.2. The van der Waals surface area contributed by atoms with Crippen LogP contribution in [0.15, 0.2) is 4.52 Å². The van der Waals surface area contributed by atoms with Gasteiger partial charge in [-0.3, -0.25) is 0 Å². The van der Waals surface area contributed by atoms with Crippen molar-refractivity contribution in [2.24, 2.45) is 0 Å². The number of nitrogen functional groups attached to an aromatic ring is 1. The zero-order chi connectivity index (χ0) is 31.5. The highest BCUT2D eigenvalue weighted by Crippen LogP contribution is 2.47. The Morgan fingerprint density at radius 3 is 2.83 bits per heavy atom. The highest BCUT2D eigenvalue weighted by Gasteiger charge is 2.38. The zero-order valence-electron chi connectivity index (χ0n) is 26.8. The van der Waals surface area contributed by atoms with Crippen LogP contribution in [0.5, 0.6) is 5.88 Å². The third-order valence-corrected chi connectivity index (χ3v) is 11.4. The highest BCUT2D eigenvalue weighted by atomic mass is 32.1. The predicted molar refractivity (Wildman–Crippen MR) is 175 cm³/mol. The molecule has 2 saturated heterocycles. The largest absolute Gasteiger partial charge is 0.474 e. The maximum atomic E-state index is 10.1. The molecule has 4 aliphatic rings. The minimum absolute atomic E-state index is 0.0721. The number of hydrogen-bond acceptors (Lipinski definition) is 12. The van der Waals surface area contributed by atoms with E-state index in [-0.39, 0.29) is 18.1 Å². The molecule has 13 heteroatoms. The SMILES string of the molecule is CCCc1sc(N)c(C#N)c1C1CCCc2c(-c3nc4c5c(nn(CC6CCCN6C)c5n3)OCCN4C3COC(C)C3)noc21. The molecule has 7 heterocycles. The van der Waals surface area contributed by atoms with Gasteiger partial charge in [-0.15, -0.1) is 16.4 Å². The highest BCUT2D eigenvalue weighted by molar-refractivity contribution is 7.16. The molecule has 12 nitrogen and oxygen atoms in total. The van der Waals surface area contributed by atoms with Crippen LogP contribution in [0.3, 0.4) is 0 Å². The average Bonchev–Trinajstić information content (AvgIpc) is 3.86.